The monoisotopic (exact) mass is 248 g/mol. The molecule has 2 rings (SSSR count). The van der Waals surface area contributed by atoms with Gasteiger partial charge in [0.05, 0.1) is 6.34 Å². The van der Waals surface area contributed by atoms with Crippen molar-refractivity contribution in [3.63, 3.8) is 0 Å². The van der Waals surface area contributed by atoms with Gasteiger partial charge in [0.2, 0.25) is 0 Å². The van der Waals surface area contributed by atoms with Gasteiger partial charge in [-0.1, -0.05) is 18.9 Å². The number of anilines is 1. The number of aliphatic imine (C=N–C) groups is 1. The van der Waals surface area contributed by atoms with E-state index in [-0.39, 0.29) is 0 Å². The topological polar surface area (TPSA) is 63.3 Å². The first kappa shape index (κ1) is 12.0. The Labute approximate surface area is 106 Å². The summed E-state index contributed by atoms with van der Waals surface area (Å²) in [4.78, 5) is 8.09. The molecule has 5 heteroatoms. The summed E-state index contributed by atoms with van der Waals surface area (Å²) in [5.74, 6) is 1.40. The van der Waals surface area contributed by atoms with E-state index in [9.17, 15) is 0 Å². The Morgan fingerprint density at radius 3 is 2.82 bits per heavy atom. The molecule has 1 heterocycles. The summed E-state index contributed by atoms with van der Waals surface area (Å²) >= 11 is 4.95. The molecule has 0 aliphatic heterocycles. The Hall–Kier alpha value is -1.49. The van der Waals surface area contributed by atoms with Crippen LogP contribution in [0.2, 0.25) is 0 Å². The Balaban J connectivity index is 1.99. The Morgan fingerprint density at radius 1 is 1.47 bits per heavy atom. The van der Waals surface area contributed by atoms with Crippen LogP contribution in [0.1, 0.15) is 37.2 Å². The number of rotatable bonds is 2. The highest BCUT2D eigenvalue weighted by Crippen LogP contribution is 2.33. The first-order valence-corrected chi connectivity index (χ1v) is 6.21. The predicted octanol–water partition coefficient (Wildman–Crippen LogP) is 2.42. The molecule has 90 valence electrons. The van der Waals surface area contributed by atoms with Crippen LogP contribution in [0.15, 0.2) is 23.3 Å². The number of nitrogens with one attached hydrogen (secondary N) is 1. The lowest BCUT2D eigenvalue weighted by atomic mass is 10.00. The van der Waals surface area contributed by atoms with E-state index in [1.165, 1.54) is 37.6 Å². The van der Waals surface area contributed by atoms with Gasteiger partial charge in [0.1, 0.15) is 5.82 Å². The second-order valence-corrected chi connectivity index (χ2v) is 4.55. The molecular weight excluding hydrogens is 232 g/mol. The smallest absolute Gasteiger partial charge is 0.199 e. The third kappa shape index (κ3) is 3.23. The molecule has 1 aromatic rings. The maximum Gasteiger partial charge on any atom is 0.199 e. The van der Waals surface area contributed by atoms with Gasteiger partial charge in [-0.25, -0.2) is 9.98 Å². The van der Waals surface area contributed by atoms with Crippen LogP contribution in [0, 0.1) is 0 Å². The zero-order valence-electron chi connectivity index (χ0n) is 9.60. The summed E-state index contributed by atoms with van der Waals surface area (Å²) in [6.45, 7) is 0. The highest BCUT2D eigenvalue weighted by molar-refractivity contribution is 7.80. The largest absolute Gasteiger partial charge is 0.390 e. The summed E-state index contributed by atoms with van der Waals surface area (Å²) in [7, 11) is 0. The fourth-order valence-electron chi connectivity index (χ4n) is 2.19. The van der Waals surface area contributed by atoms with Crippen molar-refractivity contribution in [3.8, 4) is 0 Å². The number of hydrogen-bond acceptors (Lipinski definition) is 2. The molecule has 1 aliphatic rings. The van der Waals surface area contributed by atoms with E-state index >= 15 is 0 Å². The molecule has 0 bridgehead atoms. The molecule has 3 N–H and O–H groups in total. The highest BCUT2D eigenvalue weighted by Gasteiger charge is 2.16. The Morgan fingerprint density at radius 2 is 2.24 bits per heavy atom. The van der Waals surface area contributed by atoms with E-state index < -0.39 is 0 Å². The van der Waals surface area contributed by atoms with E-state index in [2.05, 4.69) is 21.4 Å². The van der Waals surface area contributed by atoms with Crippen molar-refractivity contribution in [2.45, 2.75) is 31.6 Å². The molecular formula is C12H16N4S. The number of aromatic nitrogens is 1. The summed E-state index contributed by atoms with van der Waals surface area (Å²) in [6.07, 6.45) is 8.32. The van der Waals surface area contributed by atoms with Gasteiger partial charge in [0.25, 0.3) is 0 Å². The van der Waals surface area contributed by atoms with Crippen LogP contribution in [-0.4, -0.2) is 16.4 Å². The number of nitrogens with two attached hydrogens (primary N) is 1. The lowest BCUT2D eigenvalue weighted by Gasteiger charge is -2.09. The van der Waals surface area contributed by atoms with E-state index in [4.69, 9.17) is 18.0 Å². The van der Waals surface area contributed by atoms with Crippen molar-refractivity contribution < 1.29 is 0 Å². The maximum absolute atomic E-state index is 5.15. The molecule has 1 fully saturated rings. The van der Waals surface area contributed by atoms with E-state index in [0.717, 1.165) is 0 Å². The zero-order valence-corrected chi connectivity index (χ0v) is 10.4. The maximum atomic E-state index is 5.15. The van der Waals surface area contributed by atoms with Crippen molar-refractivity contribution in [1.82, 2.24) is 4.98 Å². The molecule has 0 spiro atoms. The molecule has 0 saturated heterocycles. The van der Waals surface area contributed by atoms with Crippen LogP contribution in [0.4, 0.5) is 5.82 Å². The SMILES string of the molecule is NC=NC(=S)Nc1ccc(C2CCCC2)cn1. The van der Waals surface area contributed by atoms with Gasteiger partial charge in [-0.15, -0.1) is 0 Å². The summed E-state index contributed by atoms with van der Waals surface area (Å²) in [5.41, 5.74) is 6.47. The van der Waals surface area contributed by atoms with E-state index in [1.807, 2.05) is 12.3 Å². The molecule has 0 amide bonds. The molecule has 0 atom stereocenters. The Kier molecular flexibility index (Phi) is 4.03. The van der Waals surface area contributed by atoms with Crippen molar-refractivity contribution in [3.05, 3.63) is 23.9 Å². The Bertz CT molecular complexity index is 407. The average Bonchev–Trinajstić information content (AvgIpc) is 2.84. The summed E-state index contributed by atoms with van der Waals surface area (Å²) < 4.78 is 0. The van der Waals surface area contributed by atoms with Gasteiger partial charge in [-0.2, -0.15) is 0 Å². The van der Waals surface area contributed by atoms with Crippen molar-refractivity contribution in [2.24, 2.45) is 10.7 Å². The molecule has 0 radical (unpaired) electrons. The number of pyridine rings is 1. The van der Waals surface area contributed by atoms with Gasteiger partial charge in [-0.05, 0) is 42.6 Å². The van der Waals surface area contributed by atoms with Gasteiger partial charge < -0.3 is 11.1 Å². The third-order valence-corrected chi connectivity index (χ3v) is 3.25. The van der Waals surface area contributed by atoms with Crippen LogP contribution in [0.5, 0.6) is 0 Å². The third-order valence-electron chi connectivity index (χ3n) is 3.04. The summed E-state index contributed by atoms with van der Waals surface area (Å²) in [6, 6.07) is 4.05. The van der Waals surface area contributed by atoms with E-state index in [0.29, 0.717) is 16.8 Å². The molecule has 0 aromatic carbocycles. The van der Waals surface area contributed by atoms with Crippen LogP contribution >= 0.6 is 12.2 Å². The molecule has 17 heavy (non-hydrogen) atoms. The molecule has 1 aromatic heterocycles. The van der Waals surface area contributed by atoms with Crippen molar-refractivity contribution in [1.29, 1.82) is 0 Å². The first-order chi connectivity index (χ1) is 8.29. The van der Waals surface area contributed by atoms with Gasteiger partial charge in [0.15, 0.2) is 5.11 Å². The lowest BCUT2D eigenvalue weighted by molar-refractivity contribution is 0.720. The van der Waals surface area contributed by atoms with Crippen molar-refractivity contribution >= 4 is 29.5 Å². The van der Waals surface area contributed by atoms with Crippen molar-refractivity contribution in [2.75, 3.05) is 5.32 Å². The number of thiocarbonyl (C=S) groups is 1. The predicted molar refractivity (Wildman–Crippen MR) is 74.3 cm³/mol. The lowest BCUT2D eigenvalue weighted by Crippen LogP contribution is -2.09. The van der Waals surface area contributed by atoms with Crippen LogP contribution < -0.4 is 11.1 Å². The normalized spacial score (nSPS) is 16.5. The minimum absolute atomic E-state index is 0.327. The van der Waals surface area contributed by atoms with Gasteiger partial charge in [-0.3, -0.25) is 0 Å². The first-order valence-electron chi connectivity index (χ1n) is 5.81. The fourth-order valence-corrected chi connectivity index (χ4v) is 2.35. The van der Waals surface area contributed by atoms with Crippen LogP contribution in [0.3, 0.4) is 0 Å². The average molecular weight is 248 g/mol. The minimum Gasteiger partial charge on any atom is -0.390 e. The van der Waals surface area contributed by atoms with E-state index in [1.54, 1.807) is 0 Å². The van der Waals surface area contributed by atoms with Crippen LogP contribution in [0.25, 0.3) is 0 Å². The summed E-state index contributed by atoms with van der Waals surface area (Å²) in [5, 5.41) is 3.23. The van der Waals surface area contributed by atoms with Crippen LogP contribution in [-0.2, 0) is 0 Å². The number of nitrogens with zero attached hydrogens (tertiary/aromatic N) is 2. The second-order valence-electron chi connectivity index (χ2n) is 4.17. The minimum atomic E-state index is 0.327. The fraction of sp³-hybridized carbons (Fsp3) is 0.417. The second kappa shape index (κ2) is 5.72. The number of hydrogen-bond donors (Lipinski definition) is 2. The molecule has 1 aliphatic carbocycles. The zero-order chi connectivity index (χ0) is 12.1. The quantitative estimate of drug-likeness (QED) is 0.479. The molecule has 1 saturated carbocycles. The van der Waals surface area contributed by atoms with Gasteiger partial charge >= 0.3 is 0 Å². The highest BCUT2D eigenvalue weighted by atomic mass is 32.1. The molecule has 4 nitrogen and oxygen atoms in total. The molecule has 0 unspecified atom stereocenters. The van der Waals surface area contributed by atoms with Gasteiger partial charge in [0, 0.05) is 6.20 Å². The standard InChI is InChI=1S/C12H16N4S/c13-8-15-12(17)16-11-6-5-10(7-14-11)9-3-1-2-4-9/h5-9H,1-4H2,(H3,13,14,15,16,17).